The van der Waals surface area contributed by atoms with Crippen LogP contribution in [-0.2, 0) is 0 Å². The molecule has 0 radical (unpaired) electrons. The first kappa shape index (κ1) is 20.3. The van der Waals surface area contributed by atoms with Crippen molar-refractivity contribution in [3.63, 3.8) is 0 Å². The van der Waals surface area contributed by atoms with Crippen LogP contribution in [0.4, 0.5) is 13.2 Å². The van der Waals surface area contributed by atoms with Crippen LogP contribution >= 0.6 is 0 Å². The second-order valence-electron chi connectivity index (χ2n) is 8.05. The number of hydrogen-bond acceptors (Lipinski definition) is 4. The highest BCUT2D eigenvalue weighted by Gasteiger charge is 2.48. The molecule has 0 saturated carbocycles. The number of carbonyl (C=O) groups excluding carboxylic acids is 1. The fourth-order valence-electron chi connectivity index (χ4n) is 4.96. The minimum absolute atomic E-state index is 0.0918. The Kier molecular flexibility index (Phi) is 4.76. The van der Waals surface area contributed by atoms with E-state index < -0.39 is 52.5 Å². The molecule has 5 rings (SSSR count). The van der Waals surface area contributed by atoms with E-state index in [0.717, 1.165) is 18.3 Å². The van der Waals surface area contributed by atoms with E-state index in [1.807, 2.05) is 0 Å². The summed E-state index contributed by atoms with van der Waals surface area (Å²) in [5.74, 6) is -4.28. The average molecular weight is 441 g/mol. The van der Waals surface area contributed by atoms with E-state index in [-0.39, 0.29) is 11.3 Å². The highest BCUT2D eigenvalue weighted by Crippen LogP contribution is 2.46. The molecule has 3 atom stereocenters. The van der Waals surface area contributed by atoms with Crippen molar-refractivity contribution >= 4 is 5.91 Å². The molecule has 1 fully saturated rings. The van der Waals surface area contributed by atoms with E-state index in [2.05, 4.69) is 5.10 Å². The summed E-state index contributed by atoms with van der Waals surface area (Å²) in [5.41, 5.74) is -0.609. The van der Waals surface area contributed by atoms with Gasteiger partial charge >= 0.3 is 0 Å². The lowest BCUT2D eigenvalue weighted by Gasteiger charge is -2.42. The third-order valence-corrected chi connectivity index (χ3v) is 6.27. The van der Waals surface area contributed by atoms with E-state index in [1.165, 1.54) is 33.8 Å². The smallest absolute Gasteiger partial charge is 0.276 e. The zero-order valence-electron chi connectivity index (χ0n) is 16.7. The molecule has 1 amide bonds. The number of amides is 1. The zero-order chi connectivity index (χ0) is 22.6. The number of carbonyl (C=O) groups is 1. The lowest BCUT2D eigenvalue weighted by Crippen LogP contribution is -2.51. The number of hydrogen-bond donors (Lipinski definition) is 1. The van der Waals surface area contributed by atoms with Crippen LogP contribution in [0.2, 0.25) is 0 Å². The van der Waals surface area contributed by atoms with Crippen LogP contribution in [0.15, 0.2) is 53.5 Å². The summed E-state index contributed by atoms with van der Waals surface area (Å²) in [4.78, 5) is 26.6. The van der Waals surface area contributed by atoms with E-state index in [1.54, 1.807) is 6.07 Å². The van der Waals surface area contributed by atoms with Crippen LogP contribution in [0.25, 0.3) is 0 Å². The Labute approximate surface area is 180 Å². The van der Waals surface area contributed by atoms with Crippen molar-refractivity contribution in [2.45, 2.75) is 30.8 Å². The quantitative estimate of drug-likeness (QED) is 0.677. The van der Waals surface area contributed by atoms with E-state index >= 15 is 4.39 Å². The van der Waals surface area contributed by atoms with Gasteiger partial charge in [0.15, 0.2) is 11.4 Å². The SMILES string of the molecule is O=C1c2c(O)c(=O)cnn2[C@@H]([C@@H](c2cccc(F)c2)c2ccc(F)cc2F)[C@H]2CCCN12. The third kappa shape index (κ3) is 3.07. The van der Waals surface area contributed by atoms with Gasteiger partial charge in [-0.15, -0.1) is 0 Å². The van der Waals surface area contributed by atoms with Crippen molar-refractivity contribution < 1.29 is 23.1 Å². The van der Waals surface area contributed by atoms with Gasteiger partial charge in [0.2, 0.25) is 5.43 Å². The maximum atomic E-state index is 15.0. The van der Waals surface area contributed by atoms with Crippen molar-refractivity contribution in [1.29, 1.82) is 0 Å². The second-order valence-corrected chi connectivity index (χ2v) is 8.05. The van der Waals surface area contributed by atoms with Gasteiger partial charge in [0.05, 0.1) is 18.3 Å². The van der Waals surface area contributed by atoms with Crippen molar-refractivity contribution in [2.75, 3.05) is 6.54 Å². The Bertz CT molecular complexity index is 1290. The Balaban J connectivity index is 1.81. The Morgan fingerprint density at radius 1 is 1.06 bits per heavy atom. The maximum absolute atomic E-state index is 15.0. The summed E-state index contributed by atoms with van der Waals surface area (Å²) in [6.45, 7) is 0.393. The van der Waals surface area contributed by atoms with Crippen molar-refractivity contribution in [3.8, 4) is 5.75 Å². The number of nitrogens with zero attached hydrogens (tertiary/aromatic N) is 3. The predicted molar refractivity (Wildman–Crippen MR) is 108 cm³/mol. The number of aromatic hydroxyl groups is 1. The van der Waals surface area contributed by atoms with E-state index in [9.17, 15) is 23.5 Å². The molecule has 1 N–H and O–H groups in total. The van der Waals surface area contributed by atoms with E-state index in [0.29, 0.717) is 24.9 Å². The summed E-state index contributed by atoms with van der Waals surface area (Å²) < 4.78 is 44.2. The van der Waals surface area contributed by atoms with Gasteiger partial charge in [0.25, 0.3) is 5.91 Å². The van der Waals surface area contributed by atoms with Gasteiger partial charge in [-0.3, -0.25) is 14.3 Å². The fourth-order valence-corrected chi connectivity index (χ4v) is 4.96. The predicted octanol–water partition coefficient (Wildman–Crippen LogP) is 3.36. The lowest BCUT2D eigenvalue weighted by molar-refractivity contribution is 0.0564. The summed E-state index contributed by atoms with van der Waals surface area (Å²) in [6, 6.07) is 7.55. The molecule has 1 aromatic heterocycles. The number of benzene rings is 2. The van der Waals surface area contributed by atoms with Crippen LogP contribution in [0.3, 0.4) is 0 Å². The largest absolute Gasteiger partial charge is 0.502 e. The zero-order valence-corrected chi connectivity index (χ0v) is 16.7. The molecular weight excluding hydrogens is 423 g/mol. The molecular formula is C23H18F3N3O3. The molecule has 164 valence electrons. The summed E-state index contributed by atoms with van der Waals surface area (Å²) in [5, 5.41) is 14.5. The summed E-state index contributed by atoms with van der Waals surface area (Å²) >= 11 is 0. The first-order valence-electron chi connectivity index (χ1n) is 10.2. The summed E-state index contributed by atoms with van der Waals surface area (Å²) in [7, 11) is 0. The molecule has 0 aliphatic carbocycles. The molecule has 6 nitrogen and oxygen atoms in total. The minimum Gasteiger partial charge on any atom is -0.502 e. The molecule has 2 aromatic carbocycles. The minimum atomic E-state index is -0.877. The molecule has 3 aromatic rings. The van der Waals surface area contributed by atoms with Gasteiger partial charge in [-0.25, -0.2) is 13.2 Å². The van der Waals surface area contributed by atoms with Crippen LogP contribution in [-0.4, -0.2) is 38.3 Å². The summed E-state index contributed by atoms with van der Waals surface area (Å²) in [6.07, 6.45) is 2.13. The first-order chi connectivity index (χ1) is 15.4. The Morgan fingerprint density at radius 3 is 2.59 bits per heavy atom. The van der Waals surface area contributed by atoms with Crippen molar-refractivity contribution in [3.05, 3.63) is 93.2 Å². The normalized spacial score (nSPS) is 20.7. The van der Waals surface area contributed by atoms with Crippen LogP contribution < -0.4 is 5.43 Å². The number of fused-ring (bicyclic) bond motifs is 2. The highest BCUT2D eigenvalue weighted by molar-refractivity contribution is 5.96. The molecule has 32 heavy (non-hydrogen) atoms. The molecule has 1 saturated heterocycles. The monoisotopic (exact) mass is 441 g/mol. The standard InChI is InChI=1S/C23H18F3N3O3/c24-13-4-1-3-12(9-13)19(15-7-6-14(25)10-16(15)26)20-17-5-2-8-28(17)23(32)21-22(31)18(30)11-27-29(20)21/h1,3-4,6-7,9-11,17,19-20,31H,2,5,8H2/t17-,19+,20-/m1/s1. The second kappa shape index (κ2) is 7.51. The molecule has 2 aliphatic heterocycles. The molecule has 3 heterocycles. The number of halogens is 3. The van der Waals surface area contributed by atoms with Gasteiger partial charge < -0.3 is 10.0 Å². The molecule has 0 spiro atoms. The van der Waals surface area contributed by atoms with Gasteiger partial charge in [-0.1, -0.05) is 18.2 Å². The fraction of sp³-hybridized carbons (Fsp3) is 0.261. The third-order valence-electron chi connectivity index (χ3n) is 6.27. The maximum Gasteiger partial charge on any atom is 0.276 e. The van der Waals surface area contributed by atoms with Crippen LogP contribution in [0, 0.1) is 17.5 Å². The Hall–Kier alpha value is -3.62. The van der Waals surface area contributed by atoms with Crippen molar-refractivity contribution in [2.24, 2.45) is 0 Å². The van der Waals surface area contributed by atoms with Crippen molar-refractivity contribution in [1.82, 2.24) is 14.7 Å². The lowest BCUT2D eigenvalue weighted by atomic mass is 9.79. The highest BCUT2D eigenvalue weighted by atomic mass is 19.1. The Morgan fingerprint density at radius 2 is 1.84 bits per heavy atom. The van der Waals surface area contributed by atoms with E-state index in [4.69, 9.17) is 0 Å². The van der Waals surface area contributed by atoms with Gasteiger partial charge in [-0.2, -0.15) is 5.10 Å². The van der Waals surface area contributed by atoms with Crippen LogP contribution in [0.1, 0.15) is 46.4 Å². The molecule has 0 bridgehead atoms. The molecule has 2 aliphatic rings. The average Bonchev–Trinajstić information content (AvgIpc) is 3.24. The number of aromatic nitrogens is 2. The molecule has 0 unspecified atom stereocenters. The van der Waals surface area contributed by atoms with Gasteiger partial charge in [-0.05, 0) is 42.2 Å². The van der Waals surface area contributed by atoms with Gasteiger partial charge in [0, 0.05) is 18.5 Å². The van der Waals surface area contributed by atoms with Crippen LogP contribution in [0.5, 0.6) is 5.75 Å². The molecule has 9 heteroatoms. The number of rotatable bonds is 3. The first-order valence-corrected chi connectivity index (χ1v) is 10.2. The van der Waals surface area contributed by atoms with Gasteiger partial charge in [0.1, 0.15) is 17.5 Å². The topological polar surface area (TPSA) is 75.4 Å².